The van der Waals surface area contributed by atoms with Gasteiger partial charge in [0.05, 0.1) is 41.7 Å². The highest BCUT2D eigenvalue weighted by Crippen LogP contribution is 2.33. The van der Waals surface area contributed by atoms with E-state index >= 15 is 0 Å². The van der Waals surface area contributed by atoms with Crippen LogP contribution >= 0.6 is 0 Å². The Labute approximate surface area is 168 Å². The van der Waals surface area contributed by atoms with Gasteiger partial charge in [-0.25, -0.2) is 0 Å². The molecule has 7 nitrogen and oxygen atoms in total. The lowest BCUT2D eigenvalue weighted by atomic mass is 10.0. The van der Waals surface area contributed by atoms with Crippen molar-refractivity contribution in [2.24, 2.45) is 5.92 Å². The molecule has 3 heterocycles. The topological polar surface area (TPSA) is 84.4 Å². The second-order valence-electron chi connectivity index (χ2n) is 7.10. The van der Waals surface area contributed by atoms with Crippen LogP contribution in [0.15, 0.2) is 42.7 Å². The number of nitrogens with zero attached hydrogens (tertiary/aromatic N) is 3. The zero-order valence-electron chi connectivity index (χ0n) is 16.6. The molecule has 0 aliphatic carbocycles. The molecule has 1 N–H and O–H groups in total. The molecule has 0 saturated heterocycles. The first-order chi connectivity index (χ1) is 14.0. The zero-order valence-corrected chi connectivity index (χ0v) is 16.6. The molecule has 0 saturated carbocycles. The lowest BCUT2D eigenvalue weighted by Crippen LogP contribution is -2.37. The number of amides is 2. The molecule has 0 fully saturated rings. The van der Waals surface area contributed by atoms with Gasteiger partial charge in [0.2, 0.25) is 5.91 Å². The number of carbonyl (C=O) groups excluding carboxylic acids is 2. The van der Waals surface area contributed by atoms with Crippen LogP contribution in [-0.4, -0.2) is 35.4 Å². The number of ether oxygens (including phenoxy) is 1. The summed E-state index contributed by atoms with van der Waals surface area (Å²) in [5.41, 5.74) is 3.16. The first-order valence-electron chi connectivity index (χ1n) is 9.54. The first kappa shape index (κ1) is 18.9. The lowest BCUT2D eigenvalue weighted by molar-refractivity contribution is -0.119. The molecule has 4 rings (SSSR count). The van der Waals surface area contributed by atoms with Gasteiger partial charge < -0.3 is 15.0 Å². The van der Waals surface area contributed by atoms with Crippen LogP contribution in [0.4, 0.5) is 11.4 Å². The third kappa shape index (κ3) is 3.40. The number of hydrogen-bond donors (Lipinski definition) is 1. The monoisotopic (exact) mass is 390 g/mol. The second-order valence-corrected chi connectivity index (χ2v) is 7.10. The molecule has 0 radical (unpaired) electrons. The van der Waals surface area contributed by atoms with Crippen LogP contribution in [0.3, 0.4) is 0 Å². The van der Waals surface area contributed by atoms with Gasteiger partial charge in [0.15, 0.2) is 0 Å². The van der Waals surface area contributed by atoms with E-state index in [0.29, 0.717) is 34.5 Å². The van der Waals surface area contributed by atoms with Crippen LogP contribution in [0.25, 0.3) is 10.9 Å². The minimum Gasteiger partial charge on any atom is -0.497 e. The Morgan fingerprint density at radius 1 is 1.31 bits per heavy atom. The predicted molar refractivity (Wildman–Crippen MR) is 111 cm³/mol. The fourth-order valence-corrected chi connectivity index (χ4v) is 3.64. The maximum atomic E-state index is 13.7. The van der Waals surface area contributed by atoms with Crippen LogP contribution in [0, 0.1) is 12.8 Å². The molecular formula is C22H22N4O3. The largest absolute Gasteiger partial charge is 0.497 e. The highest BCUT2D eigenvalue weighted by molar-refractivity contribution is 6.16. The average molecular weight is 390 g/mol. The van der Waals surface area contributed by atoms with E-state index in [1.807, 2.05) is 32.0 Å². The Balaban J connectivity index is 1.88. The summed E-state index contributed by atoms with van der Waals surface area (Å²) in [6.07, 6.45) is 3.84. The van der Waals surface area contributed by atoms with Gasteiger partial charge in [-0.1, -0.05) is 6.92 Å². The number of fused-ring (bicyclic) bond motifs is 2. The molecule has 29 heavy (non-hydrogen) atoms. The molecular weight excluding hydrogens is 368 g/mol. The highest BCUT2D eigenvalue weighted by atomic mass is 16.5. The molecule has 0 spiro atoms. The maximum absolute atomic E-state index is 13.7. The Kier molecular flexibility index (Phi) is 4.88. The van der Waals surface area contributed by atoms with E-state index in [9.17, 15) is 9.59 Å². The summed E-state index contributed by atoms with van der Waals surface area (Å²) in [6, 6.07) is 8.98. The molecule has 1 atom stereocenters. The molecule has 2 amide bonds. The summed E-state index contributed by atoms with van der Waals surface area (Å²) in [5.74, 6) is 0.0548. The number of aryl methyl sites for hydroxylation is 1. The summed E-state index contributed by atoms with van der Waals surface area (Å²) in [7, 11) is 1.59. The van der Waals surface area contributed by atoms with Crippen LogP contribution in [0.5, 0.6) is 5.75 Å². The number of anilines is 2. The van der Waals surface area contributed by atoms with Crippen molar-refractivity contribution in [3.63, 3.8) is 0 Å². The van der Waals surface area contributed by atoms with E-state index in [1.54, 1.807) is 36.5 Å². The molecule has 0 bridgehead atoms. The summed E-state index contributed by atoms with van der Waals surface area (Å²) in [6.45, 7) is 4.09. The van der Waals surface area contributed by atoms with Gasteiger partial charge in [0, 0.05) is 23.8 Å². The average Bonchev–Trinajstić information content (AvgIpc) is 2.88. The minimum atomic E-state index is -0.310. The molecule has 148 valence electrons. The Morgan fingerprint density at radius 3 is 2.90 bits per heavy atom. The van der Waals surface area contributed by atoms with E-state index in [2.05, 4.69) is 15.3 Å². The van der Waals surface area contributed by atoms with E-state index < -0.39 is 0 Å². The van der Waals surface area contributed by atoms with Crippen molar-refractivity contribution in [2.75, 3.05) is 23.9 Å². The van der Waals surface area contributed by atoms with E-state index in [-0.39, 0.29) is 24.3 Å². The van der Waals surface area contributed by atoms with E-state index in [0.717, 1.165) is 11.2 Å². The Hall–Kier alpha value is -3.48. The van der Waals surface area contributed by atoms with Gasteiger partial charge in [-0.2, -0.15) is 0 Å². The molecule has 1 aliphatic heterocycles. The second kappa shape index (κ2) is 7.50. The minimum absolute atomic E-state index is 0.0901. The van der Waals surface area contributed by atoms with Crippen molar-refractivity contribution < 1.29 is 14.3 Å². The number of aromatic nitrogens is 2. The van der Waals surface area contributed by atoms with Crippen molar-refractivity contribution in [2.45, 2.75) is 20.3 Å². The number of nitrogens with one attached hydrogen (secondary N) is 1. The number of benzene rings is 1. The number of methoxy groups -OCH3 is 1. The van der Waals surface area contributed by atoms with Crippen LogP contribution < -0.4 is 15.0 Å². The van der Waals surface area contributed by atoms with Gasteiger partial charge >= 0.3 is 0 Å². The van der Waals surface area contributed by atoms with Gasteiger partial charge in [-0.3, -0.25) is 19.6 Å². The zero-order chi connectivity index (χ0) is 20.5. The smallest absolute Gasteiger partial charge is 0.259 e. The van der Waals surface area contributed by atoms with Crippen LogP contribution in [-0.2, 0) is 4.79 Å². The third-order valence-electron chi connectivity index (χ3n) is 5.23. The maximum Gasteiger partial charge on any atom is 0.259 e. The van der Waals surface area contributed by atoms with Crippen molar-refractivity contribution in [1.82, 2.24) is 9.97 Å². The number of rotatable bonds is 3. The number of pyridine rings is 2. The normalized spacial score (nSPS) is 16.2. The van der Waals surface area contributed by atoms with Gasteiger partial charge in [0.1, 0.15) is 5.75 Å². The predicted octanol–water partition coefficient (Wildman–Crippen LogP) is 3.57. The summed E-state index contributed by atoms with van der Waals surface area (Å²) >= 11 is 0. The fraction of sp³-hybridized carbons (Fsp3) is 0.273. The van der Waals surface area contributed by atoms with Crippen molar-refractivity contribution in [3.05, 3.63) is 54.0 Å². The number of hydrogen-bond acceptors (Lipinski definition) is 5. The molecule has 7 heteroatoms. The quantitative estimate of drug-likeness (QED) is 0.739. The summed E-state index contributed by atoms with van der Waals surface area (Å²) in [4.78, 5) is 36.7. The van der Waals surface area contributed by atoms with Gasteiger partial charge in [0.25, 0.3) is 5.91 Å². The van der Waals surface area contributed by atoms with E-state index in [4.69, 9.17) is 4.74 Å². The lowest BCUT2D eigenvalue weighted by Gasteiger charge is -2.24. The van der Waals surface area contributed by atoms with Crippen molar-refractivity contribution >= 4 is 34.1 Å². The molecule has 1 aromatic carbocycles. The van der Waals surface area contributed by atoms with Gasteiger partial charge in [-0.05, 0) is 43.7 Å². The van der Waals surface area contributed by atoms with Crippen molar-refractivity contribution in [3.8, 4) is 5.75 Å². The fourth-order valence-electron chi connectivity index (χ4n) is 3.64. The first-order valence-corrected chi connectivity index (χ1v) is 9.54. The van der Waals surface area contributed by atoms with Crippen LogP contribution in [0.2, 0.25) is 0 Å². The summed E-state index contributed by atoms with van der Waals surface area (Å²) in [5, 5.41) is 3.63. The molecule has 2 aromatic heterocycles. The standard InChI is InChI=1S/C22H22N4O3/c1-4-14-12-26(20-11-23-8-7-19(20)25-21(14)27)22(28)17-9-13(2)24-18-6-5-15(29-3)10-16(17)18/h5-11,14H,4,12H2,1-3H3,(H,25,27). The summed E-state index contributed by atoms with van der Waals surface area (Å²) < 4.78 is 5.34. The Bertz CT molecular complexity index is 1110. The van der Waals surface area contributed by atoms with Crippen molar-refractivity contribution in [1.29, 1.82) is 0 Å². The molecule has 3 aromatic rings. The molecule has 1 aliphatic rings. The third-order valence-corrected chi connectivity index (χ3v) is 5.23. The number of carbonyl (C=O) groups is 2. The SMILES string of the molecule is CCC1CN(C(=O)c2cc(C)nc3ccc(OC)cc23)c2cnccc2NC1=O. The highest BCUT2D eigenvalue weighted by Gasteiger charge is 2.31. The van der Waals surface area contributed by atoms with Gasteiger partial charge in [-0.15, -0.1) is 0 Å². The van der Waals surface area contributed by atoms with Crippen LogP contribution in [0.1, 0.15) is 29.4 Å². The van der Waals surface area contributed by atoms with E-state index in [1.165, 1.54) is 0 Å². The Morgan fingerprint density at radius 2 is 2.14 bits per heavy atom. The molecule has 1 unspecified atom stereocenters.